The topological polar surface area (TPSA) is 58.6 Å². The Hall–Kier alpha value is -1.10. The van der Waals surface area contributed by atoms with E-state index in [4.69, 9.17) is 4.74 Å². The number of carbonyl (C=O) groups is 2. The minimum atomic E-state index is -0.253. The number of amides is 1. The highest BCUT2D eigenvalue weighted by Gasteiger charge is 2.30. The zero-order valence-corrected chi connectivity index (χ0v) is 11.6. The van der Waals surface area contributed by atoms with E-state index in [-0.39, 0.29) is 30.5 Å². The van der Waals surface area contributed by atoms with Crippen molar-refractivity contribution >= 4 is 11.9 Å². The lowest BCUT2D eigenvalue weighted by Gasteiger charge is -2.33. The summed E-state index contributed by atoms with van der Waals surface area (Å²) in [6.45, 7) is 7.11. The van der Waals surface area contributed by atoms with Gasteiger partial charge in [0.2, 0.25) is 5.91 Å². The van der Waals surface area contributed by atoms with Gasteiger partial charge in [-0.1, -0.05) is 6.42 Å². The van der Waals surface area contributed by atoms with Gasteiger partial charge in [-0.05, 0) is 40.2 Å². The molecular weight excluding hydrogens is 232 g/mol. The molecular formula is C13H24N2O3. The van der Waals surface area contributed by atoms with Gasteiger partial charge in [0.15, 0.2) is 0 Å². The summed E-state index contributed by atoms with van der Waals surface area (Å²) in [5.74, 6) is -0.226. The van der Waals surface area contributed by atoms with E-state index in [0.717, 1.165) is 25.8 Å². The number of carbonyl (C=O) groups excluding carboxylic acids is 2. The summed E-state index contributed by atoms with van der Waals surface area (Å²) in [5.41, 5.74) is 0. The van der Waals surface area contributed by atoms with E-state index < -0.39 is 0 Å². The number of nitrogens with one attached hydrogen (secondary N) is 1. The highest BCUT2D eigenvalue weighted by Crippen LogP contribution is 2.17. The van der Waals surface area contributed by atoms with Crippen LogP contribution >= 0.6 is 0 Å². The molecule has 0 aromatic rings. The van der Waals surface area contributed by atoms with Crippen molar-refractivity contribution in [1.82, 2.24) is 10.2 Å². The van der Waals surface area contributed by atoms with Gasteiger partial charge >= 0.3 is 5.97 Å². The second-order valence-corrected chi connectivity index (χ2v) is 4.96. The predicted octanol–water partition coefficient (Wildman–Crippen LogP) is 0.929. The molecule has 1 heterocycles. The van der Waals surface area contributed by atoms with Gasteiger partial charge in [-0.15, -0.1) is 0 Å². The molecule has 1 aliphatic rings. The van der Waals surface area contributed by atoms with Crippen molar-refractivity contribution in [2.75, 3.05) is 19.7 Å². The first kappa shape index (κ1) is 15.0. The minimum Gasteiger partial charge on any atom is -0.465 e. The van der Waals surface area contributed by atoms with E-state index in [9.17, 15) is 9.59 Å². The first-order valence-electron chi connectivity index (χ1n) is 6.74. The van der Waals surface area contributed by atoms with E-state index in [1.165, 1.54) is 0 Å². The van der Waals surface area contributed by atoms with Crippen LogP contribution < -0.4 is 5.32 Å². The van der Waals surface area contributed by atoms with Gasteiger partial charge in [-0.25, -0.2) is 0 Å². The van der Waals surface area contributed by atoms with E-state index in [1.807, 2.05) is 18.7 Å². The van der Waals surface area contributed by atoms with Crippen LogP contribution in [-0.2, 0) is 14.3 Å². The highest BCUT2D eigenvalue weighted by atomic mass is 16.5. The lowest BCUT2D eigenvalue weighted by atomic mass is 10.0. The molecule has 1 atom stereocenters. The number of nitrogens with zero attached hydrogens (tertiary/aromatic N) is 1. The standard InChI is InChI=1S/C13H24N2O3/c1-4-18-13(17)11-7-5-6-8-15(11)9-12(16)14-10(2)3/h10-11H,4-9H2,1-3H3,(H,14,16). The van der Waals surface area contributed by atoms with Crippen LogP contribution in [0.3, 0.4) is 0 Å². The molecule has 0 aliphatic carbocycles. The van der Waals surface area contributed by atoms with Gasteiger partial charge in [-0.3, -0.25) is 14.5 Å². The average Bonchev–Trinajstić information content (AvgIpc) is 2.28. The Morgan fingerprint density at radius 3 is 2.72 bits per heavy atom. The Morgan fingerprint density at radius 1 is 1.39 bits per heavy atom. The third-order valence-corrected chi connectivity index (χ3v) is 2.97. The first-order valence-corrected chi connectivity index (χ1v) is 6.74. The molecule has 0 saturated carbocycles. The number of rotatable bonds is 5. The molecule has 1 saturated heterocycles. The number of piperidine rings is 1. The summed E-state index contributed by atoms with van der Waals surface area (Å²) in [6, 6.07) is -0.125. The maximum Gasteiger partial charge on any atom is 0.323 e. The molecule has 0 aromatic carbocycles. The number of likely N-dealkylation sites (tertiary alicyclic amines) is 1. The Morgan fingerprint density at radius 2 is 2.11 bits per heavy atom. The SMILES string of the molecule is CCOC(=O)C1CCCCN1CC(=O)NC(C)C. The Kier molecular flexibility index (Phi) is 6.12. The summed E-state index contributed by atoms with van der Waals surface area (Å²) >= 11 is 0. The molecule has 5 heteroatoms. The third-order valence-electron chi connectivity index (χ3n) is 2.97. The fourth-order valence-corrected chi connectivity index (χ4v) is 2.24. The van der Waals surface area contributed by atoms with Gasteiger partial charge in [0.1, 0.15) is 6.04 Å². The summed E-state index contributed by atoms with van der Waals surface area (Å²) in [6.07, 6.45) is 2.84. The van der Waals surface area contributed by atoms with Crippen molar-refractivity contribution < 1.29 is 14.3 Å². The van der Waals surface area contributed by atoms with Crippen LogP contribution in [0.5, 0.6) is 0 Å². The Labute approximate surface area is 109 Å². The fraction of sp³-hybridized carbons (Fsp3) is 0.846. The molecule has 0 spiro atoms. The zero-order valence-electron chi connectivity index (χ0n) is 11.6. The van der Waals surface area contributed by atoms with Crippen LogP contribution in [-0.4, -0.2) is 48.6 Å². The largest absolute Gasteiger partial charge is 0.465 e. The summed E-state index contributed by atoms with van der Waals surface area (Å²) in [7, 11) is 0. The van der Waals surface area contributed by atoms with E-state index in [2.05, 4.69) is 5.32 Å². The van der Waals surface area contributed by atoms with E-state index in [0.29, 0.717) is 6.61 Å². The molecule has 0 radical (unpaired) electrons. The maximum atomic E-state index is 11.8. The average molecular weight is 256 g/mol. The van der Waals surface area contributed by atoms with Gasteiger partial charge < -0.3 is 10.1 Å². The molecule has 1 unspecified atom stereocenters. The molecule has 1 rings (SSSR count). The van der Waals surface area contributed by atoms with Crippen molar-refractivity contribution in [3.05, 3.63) is 0 Å². The summed E-state index contributed by atoms with van der Waals surface area (Å²) < 4.78 is 5.06. The molecule has 104 valence electrons. The molecule has 1 N–H and O–H groups in total. The van der Waals surface area contributed by atoms with Gasteiger partial charge in [0.05, 0.1) is 13.2 Å². The van der Waals surface area contributed by atoms with Crippen molar-refractivity contribution in [2.24, 2.45) is 0 Å². The van der Waals surface area contributed by atoms with Crippen LogP contribution in [0.4, 0.5) is 0 Å². The Balaban J connectivity index is 2.54. The van der Waals surface area contributed by atoms with Crippen LogP contribution in [0.15, 0.2) is 0 Å². The summed E-state index contributed by atoms with van der Waals surface area (Å²) in [4.78, 5) is 25.5. The van der Waals surface area contributed by atoms with E-state index >= 15 is 0 Å². The molecule has 18 heavy (non-hydrogen) atoms. The zero-order chi connectivity index (χ0) is 13.5. The molecule has 5 nitrogen and oxygen atoms in total. The number of ether oxygens (including phenoxy) is 1. The number of hydrogen-bond donors (Lipinski definition) is 1. The highest BCUT2D eigenvalue weighted by molar-refractivity contribution is 5.80. The van der Waals surface area contributed by atoms with Crippen molar-refractivity contribution in [1.29, 1.82) is 0 Å². The minimum absolute atomic E-state index is 0.0267. The predicted molar refractivity (Wildman–Crippen MR) is 69.1 cm³/mol. The molecule has 0 bridgehead atoms. The lowest BCUT2D eigenvalue weighted by molar-refractivity contribution is -0.151. The van der Waals surface area contributed by atoms with E-state index in [1.54, 1.807) is 6.92 Å². The van der Waals surface area contributed by atoms with Crippen LogP contribution in [0, 0.1) is 0 Å². The monoisotopic (exact) mass is 256 g/mol. The molecule has 1 aliphatic heterocycles. The second kappa shape index (κ2) is 7.36. The second-order valence-electron chi connectivity index (χ2n) is 4.96. The smallest absolute Gasteiger partial charge is 0.323 e. The van der Waals surface area contributed by atoms with Gasteiger partial charge in [-0.2, -0.15) is 0 Å². The Bertz CT molecular complexity index is 292. The van der Waals surface area contributed by atoms with Crippen LogP contribution in [0.1, 0.15) is 40.0 Å². The molecule has 0 aromatic heterocycles. The van der Waals surface area contributed by atoms with Crippen LogP contribution in [0.25, 0.3) is 0 Å². The normalized spacial score (nSPS) is 20.8. The van der Waals surface area contributed by atoms with Crippen molar-refractivity contribution in [3.8, 4) is 0 Å². The third kappa shape index (κ3) is 4.64. The van der Waals surface area contributed by atoms with Gasteiger partial charge in [0, 0.05) is 6.04 Å². The van der Waals surface area contributed by atoms with Crippen molar-refractivity contribution in [2.45, 2.75) is 52.1 Å². The lowest BCUT2D eigenvalue weighted by Crippen LogP contribution is -2.50. The quantitative estimate of drug-likeness (QED) is 0.743. The van der Waals surface area contributed by atoms with Gasteiger partial charge in [0.25, 0.3) is 0 Å². The first-order chi connectivity index (χ1) is 8.54. The molecule has 1 amide bonds. The number of hydrogen-bond acceptors (Lipinski definition) is 4. The fourth-order valence-electron chi connectivity index (χ4n) is 2.24. The molecule has 1 fully saturated rings. The van der Waals surface area contributed by atoms with Crippen LogP contribution in [0.2, 0.25) is 0 Å². The maximum absolute atomic E-state index is 11.8. The summed E-state index contributed by atoms with van der Waals surface area (Å²) in [5, 5.41) is 2.85. The van der Waals surface area contributed by atoms with Crippen molar-refractivity contribution in [3.63, 3.8) is 0 Å². The number of esters is 1.